The molecule has 1 aliphatic carbocycles. The Morgan fingerprint density at radius 3 is 2.63 bits per heavy atom. The molecule has 0 N–H and O–H groups in total. The first-order valence-electron chi connectivity index (χ1n) is 6.53. The molecule has 2 rings (SSSR count). The highest BCUT2D eigenvalue weighted by molar-refractivity contribution is 8.23. The minimum atomic E-state index is 0.0221. The SMILES string of the molecule is CN(C)C(=S)S[C@H]1C[C@@H](c2ccccc2)CCC1=O. The average molecular weight is 293 g/mol. The second kappa shape index (κ2) is 6.53. The summed E-state index contributed by atoms with van der Waals surface area (Å²) < 4.78 is 0.798. The minimum Gasteiger partial charge on any atom is -0.364 e. The molecule has 0 radical (unpaired) electrons. The van der Waals surface area contributed by atoms with E-state index in [0.29, 0.717) is 18.1 Å². The summed E-state index contributed by atoms with van der Waals surface area (Å²) in [6.07, 6.45) is 2.55. The van der Waals surface area contributed by atoms with Crippen LogP contribution in [0.5, 0.6) is 0 Å². The van der Waals surface area contributed by atoms with E-state index in [1.165, 1.54) is 5.56 Å². The van der Waals surface area contributed by atoms with Crippen molar-refractivity contribution in [2.45, 2.75) is 30.4 Å². The maximum absolute atomic E-state index is 12.0. The van der Waals surface area contributed by atoms with Gasteiger partial charge in [0.25, 0.3) is 0 Å². The third-order valence-electron chi connectivity index (χ3n) is 3.48. The Hall–Kier alpha value is -0.870. The molecule has 1 aliphatic rings. The second-order valence-electron chi connectivity index (χ2n) is 5.12. The van der Waals surface area contributed by atoms with Crippen LogP contribution in [0.1, 0.15) is 30.7 Å². The van der Waals surface area contributed by atoms with Crippen molar-refractivity contribution in [3.05, 3.63) is 35.9 Å². The van der Waals surface area contributed by atoms with Crippen molar-refractivity contribution in [1.82, 2.24) is 4.90 Å². The number of carbonyl (C=O) groups is 1. The van der Waals surface area contributed by atoms with Crippen molar-refractivity contribution in [1.29, 1.82) is 0 Å². The lowest BCUT2D eigenvalue weighted by molar-refractivity contribution is -0.119. The first-order valence-corrected chi connectivity index (χ1v) is 7.82. The van der Waals surface area contributed by atoms with Gasteiger partial charge in [0, 0.05) is 20.5 Å². The fourth-order valence-electron chi connectivity index (χ4n) is 2.35. The minimum absolute atomic E-state index is 0.0221. The third-order valence-corrected chi connectivity index (χ3v) is 5.44. The van der Waals surface area contributed by atoms with E-state index in [9.17, 15) is 4.79 Å². The monoisotopic (exact) mass is 293 g/mol. The van der Waals surface area contributed by atoms with E-state index in [4.69, 9.17) is 12.2 Å². The molecule has 19 heavy (non-hydrogen) atoms. The lowest BCUT2D eigenvalue weighted by Gasteiger charge is -2.29. The number of nitrogens with zero attached hydrogens (tertiary/aromatic N) is 1. The van der Waals surface area contributed by atoms with Crippen LogP contribution in [-0.4, -0.2) is 34.3 Å². The predicted octanol–water partition coefficient (Wildman–Crippen LogP) is 3.47. The molecule has 0 aromatic heterocycles. The summed E-state index contributed by atoms with van der Waals surface area (Å²) in [5.74, 6) is 0.836. The first kappa shape index (κ1) is 14.5. The van der Waals surface area contributed by atoms with Crippen LogP contribution in [0.2, 0.25) is 0 Å². The molecule has 0 saturated heterocycles. The molecule has 0 unspecified atom stereocenters. The highest BCUT2D eigenvalue weighted by Crippen LogP contribution is 2.36. The summed E-state index contributed by atoms with van der Waals surface area (Å²) in [5.41, 5.74) is 1.34. The van der Waals surface area contributed by atoms with Crippen LogP contribution in [0.15, 0.2) is 30.3 Å². The molecule has 0 aliphatic heterocycles. The van der Waals surface area contributed by atoms with Gasteiger partial charge in [0.05, 0.1) is 5.25 Å². The van der Waals surface area contributed by atoms with Gasteiger partial charge >= 0.3 is 0 Å². The zero-order valence-electron chi connectivity index (χ0n) is 11.3. The van der Waals surface area contributed by atoms with E-state index in [0.717, 1.165) is 17.2 Å². The van der Waals surface area contributed by atoms with Crippen molar-refractivity contribution < 1.29 is 4.79 Å². The number of hydrogen-bond donors (Lipinski definition) is 0. The van der Waals surface area contributed by atoms with Crippen molar-refractivity contribution in [2.24, 2.45) is 0 Å². The molecule has 1 saturated carbocycles. The molecule has 4 heteroatoms. The third kappa shape index (κ3) is 3.80. The molecule has 2 nitrogen and oxygen atoms in total. The van der Waals surface area contributed by atoms with E-state index in [1.807, 2.05) is 25.1 Å². The van der Waals surface area contributed by atoms with Crippen LogP contribution < -0.4 is 0 Å². The Morgan fingerprint density at radius 1 is 1.32 bits per heavy atom. The van der Waals surface area contributed by atoms with Crippen LogP contribution in [0.25, 0.3) is 0 Å². The molecule has 0 amide bonds. The number of thiocarbonyl (C=S) groups is 1. The number of Topliss-reactive ketones (excluding diaryl/α,β-unsaturated/α-hetero) is 1. The Balaban J connectivity index is 2.04. The van der Waals surface area contributed by atoms with E-state index in [1.54, 1.807) is 11.8 Å². The van der Waals surface area contributed by atoms with Gasteiger partial charge in [0.1, 0.15) is 10.1 Å². The fourth-order valence-corrected chi connectivity index (χ4v) is 3.73. The van der Waals surface area contributed by atoms with Gasteiger partial charge in [0.15, 0.2) is 0 Å². The zero-order valence-corrected chi connectivity index (χ0v) is 13.0. The van der Waals surface area contributed by atoms with Crippen molar-refractivity contribution >= 4 is 34.1 Å². The van der Waals surface area contributed by atoms with Crippen molar-refractivity contribution in [2.75, 3.05) is 14.1 Å². The highest BCUT2D eigenvalue weighted by atomic mass is 32.2. The number of benzene rings is 1. The molecular weight excluding hydrogens is 274 g/mol. The smallest absolute Gasteiger partial charge is 0.146 e. The van der Waals surface area contributed by atoms with E-state index < -0.39 is 0 Å². The Morgan fingerprint density at radius 2 is 2.00 bits per heavy atom. The molecule has 1 aromatic carbocycles. The lowest BCUT2D eigenvalue weighted by atomic mass is 9.83. The number of thioether (sulfide) groups is 1. The largest absolute Gasteiger partial charge is 0.364 e. The van der Waals surface area contributed by atoms with Gasteiger partial charge in [-0.25, -0.2) is 0 Å². The standard InChI is InChI=1S/C15H19NOS2/c1-16(2)15(18)19-14-10-12(8-9-13(14)17)11-6-4-3-5-7-11/h3-7,12,14H,8-10H2,1-2H3/t12-,14-/m0/s1. The summed E-state index contributed by atoms with van der Waals surface area (Å²) in [7, 11) is 3.86. The number of carbonyl (C=O) groups excluding carboxylic acids is 1. The van der Waals surface area contributed by atoms with E-state index in [-0.39, 0.29) is 5.25 Å². The van der Waals surface area contributed by atoms with Gasteiger partial charge < -0.3 is 4.90 Å². The second-order valence-corrected chi connectivity index (χ2v) is 6.95. The van der Waals surface area contributed by atoms with Crippen LogP contribution in [0, 0.1) is 0 Å². The summed E-state index contributed by atoms with van der Waals surface area (Å²) in [5, 5.41) is 0.0221. The Bertz CT molecular complexity index is 458. The topological polar surface area (TPSA) is 20.3 Å². The number of hydrogen-bond acceptors (Lipinski definition) is 3. The normalized spacial score (nSPS) is 23.2. The van der Waals surface area contributed by atoms with Crippen molar-refractivity contribution in [3.8, 4) is 0 Å². The molecule has 2 atom stereocenters. The van der Waals surface area contributed by atoms with Gasteiger partial charge in [-0.1, -0.05) is 54.3 Å². The van der Waals surface area contributed by atoms with Crippen molar-refractivity contribution in [3.63, 3.8) is 0 Å². The Kier molecular flexibility index (Phi) is 4.99. The van der Waals surface area contributed by atoms with Gasteiger partial charge in [-0.15, -0.1) is 0 Å². The lowest BCUT2D eigenvalue weighted by Crippen LogP contribution is -2.29. The maximum atomic E-state index is 12.0. The number of rotatable bonds is 2. The van der Waals surface area contributed by atoms with Crippen LogP contribution >= 0.6 is 24.0 Å². The summed E-state index contributed by atoms with van der Waals surface area (Å²) in [4.78, 5) is 13.9. The van der Waals surface area contributed by atoms with E-state index >= 15 is 0 Å². The molecular formula is C15H19NOS2. The molecule has 1 fully saturated rings. The molecule has 102 valence electrons. The van der Waals surface area contributed by atoms with Gasteiger partial charge in [0.2, 0.25) is 0 Å². The van der Waals surface area contributed by atoms with Crippen LogP contribution in [0.3, 0.4) is 0 Å². The van der Waals surface area contributed by atoms with Gasteiger partial charge in [-0.2, -0.15) is 0 Å². The molecule has 0 bridgehead atoms. The maximum Gasteiger partial charge on any atom is 0.146 e. The summed E-state index contributed by atoms with van der Waals surface area (Å²) in [6, 6.07) is 10.5. The fraction of sp³-hybridized carbons (Fsp3) is 0.467. The Labute approximate surface area is 124 Å². The first-order chi connectivity index (χ1) is 9.08. The molecule has 0 spiro atoms. The predicted molar refractivity (Wildman–Crippen MR) is 85.7 cm³/mol. The van der Waals surface area contributed by atoms with E-state index in [2.05, 4.69) is 24.3 Å². The molecule has 0 heterocycles. The average Bonchev–Trinajstić information content (AvgIpc) is 2.42. The van der Waals surface area contributed by atoms with Gasteiger partial charge in [-0.3, -0.25) is 4.79 Å². The highest BCUT2D eigenvalue weighted by Gasteiger charge is 2.31. The van der Waals surface area contributed by atoms with Crippen LogP contribution in [-0.2, 0) is 4.79 Å². The molecule has 1 aromatic rings. The van der Waals surface area contributed by atoms with Gasteiger partial charge in [-0.05, 0) is 24.3 Å². The summed E-state index contributed by atoms with van der Waals surface area (Å²) in [6.45, 7) is 0. The number of ketones is 1. The quantitative estimate of drug-likeness (QED) is 0.778. The zero-order chi connectivity index (χ0) is 13.8. The van der Waals surface area contributed by atoms with Crippen LogP contribution in [0.4, 0.5) is 0 Å². The summed E-state index contributed by atoms with van der Waals surface area (Å²) >= 11 is 6.85.